The zero-order chi connectivity index (χ0) is 14.8. The van der Waals surface area contributed by atoms with Gasteiger partial charge in [0.15, 0.2) is 5.75 Å². The molecular weight excluding hydrogens is 348 g/mol. The molecule has 1 rings (SSSR count). The highest BCUT2D eigenvalue weighted by Gasteiger charge is 2.37. The molecule has 108 valence electrons. The van der Waals surface area contributed by atoms with Gasteiger partial charge < -0.3 is 9.84 Å². The van der Waals surface area contributed by atoms with E-state index >= 15 is 0 Å². The van der Waals surface area contributed by atoms with Crippen molar-refractivity contribution in [3.05, 3.63) is 23.0 Å². The zero-order valence-electron chi connectivity index (χ0n) is 8.94. The summed E-state index contributed by atoms with van der Waals surface area (Å²) in [6.45, 7) is -1.12. The van der Waals surface area contributed by atoms with Crippen molar-refractivity contribution in [1.82, 2.24) is 4.98 Å². The molecule has 0 saturated carbocycles. The summed E-state index contributed by atoms with van der Waals surface area (Å²) < 4.78 is 77.4. The number of halogens is 7. The number of hydrogen-bond acceptors (Lipinski definition) is 3. The molecule has 0 saturated heterocycles. The Morgan fingerprint density at radius 3 is 2.16 bits per heavy atom. The molecule has 0 bridgehead atoms. The van der Waals surface area contributed by atoms with Crippen LogP contribution < -0.4 is 4.74 Å². The number of ether oxygens (including phenoxy) is 1. The minimum absolute atomic E-state index is 0.322. The van der Waals surface area contributed by atoms with E-state index in [4.69, 9.17) is 5.11 Å². The maximum atomic E-state index is 12.5. The molecule has 0 aliphatic carbocycles. The molecule has 1 aromatic heterocycles. The van der Waals surface area contributed by atoms with Gasteiger partial charge in [0.2, 0.25) is 0 Å². The number of nitrogens with zero attached hydrogens (tertiary/aromatic N) is 1. The maximum Gasteiger partial charge on any atom is 0.573 e. The van der Waals surface area contributed by atoms with Gasteiger partial charge in [-0.3, -0.25) is 0 Å². The van der Waals surface area contributed by atoms with Crippen LogP contribution in [0.25, 0.3) is 0 Å². The first-order chi connectivity index (χ1) is 8.58. The summed E-state index contributed by atoms with van der Waals surface area (Å²) in [6, 6.07) is 0.426. The normalized spacial score (nSPS) is 12.6. The van der Waals surface area contributed by atoms with E-state index in [1.165, 1.54) is 0 Å². The van der Waals surface area contributed by atoms with Crippen LogP contribution in [-0.2, 0) is 18.1 Å². The van der Waals surface area contributed by atoms with Crippen molar-refractivity contribution >= 4 is 15.9 Å². The van der Waals surface area contributed by atoms with E-state index in [1.807, 2.05) is 0 Å². The Morgan fingerprint density at radius 1 is 1.21 bits per heavy atom. The van der Waals surface area contributed by atoms with E-state index in [0.717, 1.165) is 0 Å². The molecule has 0 amide bonds. The average molecular weight is 354 g/mol. The van der Waals surface area contributed by atoms with Gasteiger partial charge in [-0.15, -0.1) is 13.2 Å². The fourth-order valence-electron chi connectivity index (χ4n) is 1.24. The first-order valence-electron chi connectivity index (χ1n) is 4.61. The van der Waals surface area contributed by atoms with Gasteiger partial charge in [-0.1, -0.05) is 15.9 Å². The first kappa shape index (κ1) is 16.0. The highest BCUT2D eigenvalue weighted by atomic mass is 79.9. The molecule has 0 aliphatic heterocycles. The van der Waals surface area contributed by atoms with Gasteiger partial charge in [0.25, 0.3) is 0 Å². The van der Waals surface area contributed by atoms with Crippen LogP contribution in [0.4, 0.5) is 26.3 Å². The second-order valence-corrected chi connectivity index (χ2v) is 3.84. The summed E-state index contributed by atoms with van der Waals surface area (Å²) in [5, 5.41) is 8.51. The lowest BCUT2D eigenvalue weighted by molar-refractivity contribution is -0.275. The second-order valence-electron chi connectivity index (χ2n) is 3.28. The number of rotatable bonds is 3. The lowest BCUT2D eigenvalue weighted by atomic mass is 10.2. The van der Waals surface area contributed by atoms with Gasteiger partial charge in [0.05, 0.1) is 6.61 Å². The van der Waals surface area contributed by atoms with E-state index in [0.29, 0.717) is 6.07 Å². The fraction of sp³-hybridized carbons (Fsp3) is 0.444. The van der Waals surface area contributed by atoms with Crippen LogP contribution in [0, 0.1) is 0 Å². The third-order valence-electron chi connectivity index (χ3n) is 1.92. The maximum absolute atomic E-state index is 12.5. The van der Waals surface area contributed by atoms with E-state index in [-0.39, 0.29) is 5.33 Å². The number of alkyl halides is 7. The molecule has 0 radical (unpaired) electrons. The van der Waals surface area contributed by atoms with Gasteiger partial charge in [-0.05, 0) is 6.07 Å². The van der Waals surface area contributed by atoms with Crippen molar-refractivity contribution in [2.75, 3.05) is 0 Å². The number of pyridine rings is 1. The Bertz CT molecular complexity index is 434. The highest BCUT2D eigenvalue weighted by Crippen LogP contribution is 2.36. The molecule has 0 spiro atoms. The summed E-state index contributed by atoms with van der Waals surface area (Å²) in [7, 11) is 0. The number of aromatic nitrogens is 1. The number of aliphatic hydroxyl groups excluding tert-OH is 1. The summed E-state index contributed by atoms with van der Waals surface area (Å²) >= 11 is 2.76. The molecule has 0 aromatic carbocycles. The van der Waals surface area contributed by atoms with Crippen LogP contribution in [0.1, 0.15) is 17.0 Å². The largest absolute Gasteiger partial charge is 0.573 e. The monoisotopic (exact) mass is 353 g/mol. The Hall–Kier alpha value is -1.03. The molecule has 19 heavy (non-hydrogen) atoms. The van der Waals surface area contributed by atoms with Gasteiger partial charge in [0, 0.05) is 10.9 Å². The van der Waals surface area contributed by atoms with Crippen LogP contribution in [0.3, 0.4) is 0 Å². The number of hydrogen-bond donors (Lipinski definition) is 1. The van der Waals surface area contributed by atoms with Crippen molar-refractivity contribution in [1.29, 1.82) is 0 Å². The third-order valence-corrected chi connectivity index (χ3v) is 2.53. The molecule has 0 unspecified atom stereocenters. The predicted octanol–water partition coefficient (Wildman–Crippen LogP) is 3.39. The van der Waals surface area contributed by atoms with Gasteiger partial charge in [-0.2, -0.15) is 13.2 Å². The van der Waals surface area contributed by atoms with Crippen molar-refractivity contribution < 1.29 is 36.2 Å². The van der Waals surface area contributed by atoms with Crippen molar-refractivity contribution in [2.45, 2.75) is 24.5 Å². The van der Waals surface area contributed by atoms with Gasteiger partial charge in [-0.25, -0.2) is 4.98 Å². The molecule has 1 N–H and O–H groups in total. The zero-order valence-corrected chi connectivity index (χ0v) is 10.5. The van der Waals surface area contributed by atoms with Crippen molar-refractivity contribution in [2.24, 2.45) is 0 Å². The fourth-order valence-corrected chi connectivity index (χ4v) is 1.65. The summed E-state index contributed by atoms with van der Waals surface area (Å²) in [6.07, 6.45) is -9.93. The number of aliphatic hydroxyl groups is 1. The third kappa shape index (κ3) is 4.23. The smallest absolute Gasteiger partial charge is 0.403 e. The topological polar surface area (TPSA) is 42.4 Å². The summed E-state index contributed by atoms with van der Waals surface area (Å²) in [5.41, 5.74) is -2.65. The van der Waals surface area contributed by atoms with Crippen LogP contribution >= 0.6 is 15.9 Å². The van der Waals surface area contributed by atoms with Crippen LogP contribution in [0.15, 0.2) is 6.07 Å². The standard InChI is InChI=1S/C9H6BrF6NO2/c10-2-4-1-6(8(11,12)13)17-5(3-18)7(4)19-9(14,15)16/h1,18H,2-3H2. The van der Waals surface area contributed by atoms with Crippen LogP contribution in [0.5, 0.6) is 5.75 Å². The quantitative estimate of drug-likeness (QED) is 0.669. The molecule has 3 nitrogen and oxygen atoms in total. The molecule has 1 aromatic rings. The molecular formula is C9H6BrF6NO2. The van der Waals surface area contributed by atoms with Crippen molar-refractivity contribution in [3.63, 3.8) is 0 Å². The van der Waals surface area contributed by atoms with E-state index in [1.54, 1.807) is 0 Å². The minimum atomic E-state index is -5.09. The Labute approximate surface area is 111 Å². The Morgan fingerprint density at radius 2 is 1.79 bits per heavy atom. The average Bonchev–Trinajstić information content (AvgIpc) is 2.25. The van der Waals surface area contributed by atoms with Gasteiger partial charge >= 0.3 is 12.5 Å². The van der Waals surface area contributed by atoms with E-state index < -0.39 is 41.8 Å². The molecule has 0 aliphatic rings. The lowest BCUT2D eigenvalue weighted by Crippen LogP contribution is -2.21. The SMILES string of the molecule is OCc1nc(C(F)(F)F)cc(CBr)c1OC(F)(F)F. The lowest BCUT2D eigenvalue weighted by Gasteiger charge is -2.17. The molecule has 0 atom stereocenters. The molecule has 10 heteroatoms. The van der Waals surface area contributed by atoms with Crippen LogP contribution in [0.2, 0.25) is 0 Å². The summed E-state index contributed by atoms with van der Waals surface area (Å²) in [4.78, 5) is 2.93. The summed E-state index contributed by atoms with van der Waals surface area (Å²) in [5.74, 6) is -0.931. The predicted molar refractivity (Wildman–Crippen MR) is 54.5 cm³/mol. The van der Waals surface area contributed by atoms with E-state index in [2.05, 4.69) is 25.7 Å². The molecule has 1 heterocycles. The Balaban J connectivity index is 3.38. The second kappa shape index (κ2) is 5.53. The molecule has 0 fully saturated rings. The van der Waals surface area contributed by atoms with Crippen LogP contribution in [-0.4, -0.2) is 16.5 Å². The van der Waals surface area contributed by atoms with Gasteiger partial charge in [0.1, 0.15) is 11.4 Å². The Kier molecular flexibility index (Phi) is 4.67. The van der Waals surface area contributed by atoms with Crippen molar-refractivity contribution in [3.8, 4) is 5.75 Å². The minimum Gasteiger partial charge on any atom is -0.403 e. The van der Waals surface area contributed by atoms with E-state index in [9.17, 15) is 26.3 Å². The highest BCUT2D eigenvalue weighted by molar-refractivity contribution is 9.08. The first-order valence-corrected chi connectivity index (χ1v) is 5.73.